The van der Waals surface area contributed by atoms with E-state index in [-0.39, 0.29) is 0 Å². The molecule has 1 nitrogen and oxygen atoms in total. The summed E-state index contributed by atoms with van der Waals surface area (Å²) >= 11 is 0. The highest BCUT2D eigenvalue weighted by atomic mass is 14.7. The Morgan fingerprint density at radius 2 is 2.13 bits per heavy atom. The number of H-pyrrole nitrogens is 1. The molecule has 1 N–H and O–H groups in total. The van der Waals surface area contributed by atoms with Gasteiger partial charge >= 0.3 is 0 Å². The molecule has 0 atom stereocenters. The SMILES string of the molecule is C=C(C)c1[nH]c2ccc(C)cc2c1CC. The third-order valence-corrected chi connectivity index (χ3v) is 2.84. The van der Waals surface area contributed by atoms with E-state index in [9.17, 15) is 0 Å². The van der Waals surface area contributed by atoms with Crippen molar-refractivity contribution in [2.45, 2.75) is 27.2 Å². The van der Waals surface area contributed by atoms with Crippen molar-refractivity contribution < 1.29 is 0 Å². The van der Waals surface area contributed by atoms with Gasteiger partial charge in [-0.3, -0.25) is 0 Å². The lowest BCUT2D eigenvalue weighted by atomic mass is 10.0. The number of hydrogen-bond acceptors (Lipinski definition) is 0. The first-order valence-electron chi connectivity index (χ1n) is 5.40. The summed E-state index contributed by atoms with van der Waals surface area (Å²) in [6.45, 7) is 10.4. The van der Waals surface area contributed by atoms with E-state index in [4.69, 9.17) is 0 Å². The summed E-state index contributed by atoms with van der Waals surface area (Å²) in [5.74, 6) is 0. The Hall–Kier alpha value is -1.50. The van der Waals surface area contributed by atoms with Gasteiger partial charge in [0.2, 0.25) is 0 Å². The van der Waals surface area contributed by atoms with Crippen LogP contribution in [0.5, 0.6) is 0 Å². The lowest BCUT2D eigenvalue weighted by Gasteiger charge is -2.00. The van der Waals surface area contributed by atoms with Gasteiger partial charge in [0, 0.05) is 16.6 Å². The molecule has 0 aliphatic rings. The van der Waals surface area contributed by atoms with Crippen molar-refractivity contribution in [3.8, 4) is 0 Å². The summed E-state index contributed by atoms with van der Waals surface area (Å²) in [5, 5.41) is 1.34. The van der Waals surface area contributed by atoms with Gasteiger partial charge in [0.15, 0.2) is 0 Å². The van der Waals surface area contributed by atoms with Crippen LogP contribution in [0.3, 0.4) is 0 Å². The fraction of sp³-hybridized carbons (Fsp3) is 0.286. The molecular weight excluding hydrogens is 182 g/mol. The summed E-state index contributed by atoms with van der Waals surface area (Å²) < 4.78 is 0. The standard InChI is InChI=1S/C14H17N/c1-5-11-12-8-10(4)6-7-13(12)15-14(11)9(2)3/h6-8,15H,2,5H2,1,3-4H3. The van der Waals surface area contributed by atoms with Crippen molar-refractivity contribution in [3.05, 3.63) is 41.6 Å². The van der Waals surface area contributed by atoms with E-state index >= 15 is 0 Å². The fourth-order valence-corrected chi connectivity index (χ4v) is 2.09. The highest BCUT2D eigenvalue weighted by Crippen LogP contribution is 2.27. The first-order chi connectivity index (χ1) is 7.13. The molecule has 0 spiro atoms. The molecule has 78 valence electrons. The van der Waals surface area contributed by atoms with Crippen molar-refractivity contribution in [3.63, 3.8) is 0 Å². The maximum absolute atomic E-state index is 4.02. The summed E-state index contributed by atoms with van der Waals surface area (Å²) in [6, 6.07) is 6.54. The molecule has 0 bridgehead atoms. The lowest BCUT2D eigenvalue weighted by Crippen LogP contribution is -1.85. The van der Waals surface area contributed by atoms with Crippen LogP contribution in [-0.2, 0) is 6.42 Å². The number of fused-ring (bicyclic) bond motifs is 1. The topological polar surface area (TPSA) is 15.8 Å². The minimum absolute atomic E-state index is 1.05. The van der Waals surface area contributed by atoms with E-state index < -0.39 is 0 Å². The van der Waals surface area contributed by atoms with Gasteiger partial charge in [-0.2, -0.15) is 0 Å². The van der Waals surface area contributed by atoms with Gasteiger partial charge in [-0.15, -0.1) is 0 Å². The number of aromatic amines is 1. The Labute approximate surface area is 90.8 Å². The van der Waals surface area contributed by atoms with Gasteiger partial charge in [-0.1, -0.05) is 25.1 Å². The second-order valence-corrected chi connectivity index (χ2v) is 4.16. The quantitative estimate of drug-likeness (QED) is 0.750. The molecule has 0 aliphatic carbocycles. The van der Waals surface area contributed by atoms with Crippen LogP contribution >= 0.6 is 0 Å². The Bertz CT molecular complexity index is 517. The van der Waals surface area contributed by atoms with Crippen molar-refractivity contribution in [1.82, 2.24) is 4.98 Å². The monoisotopic (exact) mass is 199 g/mol. The highest BCUT2D eigenvalue weighted by molar-refractivity contribution is 5.89. The Morgan fingerprint density at radius 3 is 2.73 bits per heavy atom. The third kappa shape index (κ3) is 1.58. The van der Waals surface area contributed by atoms with Gasteiger partial charge in [-0.05, 0) is 43.5 Å². The second kappa shape index (κ2) is 3.58. The first kappa shape index (κ1) is 10.0. The maximum Gasteiger partial charge on any atom is 0.0461 e. The summed E-state index contributed by atoms with van der Waals surface area (Å²) in [4.78, 5) is 3.44. The highest BCUT2D eigenvalue weighted by Gasteiger charge is 2.09. The minimum Gasteiger partial charge on any atom is -0.355 e. The predicted octanol–water partition coefficient (Wildman–Crippen LogP) is 4.07. The van der Waals surface area contributed by atoms with E-state index in [0.29, 0.717) is 0 Å². The fourth-order valence-electron chi connectivity index (χ4n) is 2.09. The molecule has 1 aromatic carbocycles. The average Bonchev–Trinajstić information content (AvgIpc) is 2.55. The molecule has 0 saturated heterocycles. The van der Waals surface area contributed by atoms with Gasteiger partial charge in [0.05, 0.1) is 0 Å². The van der Waals surface area contributed by atoms with Crippen LogP contribution in [0.2, 0.25) is 0 Å². The van der Waals surface area contributed by atoms with Crippen molar-refractivity contribution in [2.75, 3.05) is 0 Å². The molecule has 1 heterocycles. The van der Waals surface area contributed by atoms with Crippen LogP contribution in [0.25, 0.3) is 16.5 Å². The largest absolute Gasteiger partial charge is 0.355 e. The Morgan fingerprint density at radius 1 is 1.40 bits per heavy atom. The summed E-state index contributed by atoms with van der Waals surface area (Å²) in [6.07, 6.45) is 1.05. The predicted molar refractivity (Wildman–Crippen MR) is 67.1 cm³/mol. The number of nitrogens with one attached hydrogen (secondary N) is 1. The normalized spacial score (nSPS) is 10.9. The molecule has 0 amide bonds. The van der Waals surface area contributed by atoms with E-state index in [0.717, 1.165) is 12.0 Å². The van der Waals surface area contributed by atoms with E-state index in [1.54, 1.807) is 0 Å². The van der Waals surface area contributed by atoms with E-state index in [1.807, 2.05) is 0 Å². The molecule has 2 rings (SSSR count). The molecular formula is C14H17N. The number of aromatic nitrogens is 1. The molecule has 15 heavy (non-hydrogen) atoms. The van der Waals surface area contributed by atoms with E-state index in [1.165, 1.54) is 27.7 Å². The molecule has 0 radical (unpaired) electrons. The van der Waals surface area contributed by atoms with Gasteiger partial charge < -0.3 is 4.98 Å². The Balaban J connectivity index is 2.79. The minimum atomic E-state index is 1.05. The number of aryl methyl sites for hydroxylation is 2. The summed E-state index contributed by atoms with van der Waals surface area (Å²) in [7, 11) is 0. The lowest BCUT2D eigenvalue weighted by molar-refractivity contribution is 1.14. The molecule has 0 aliphatic heterocycles. The van der Waals surface area contributed by atoms with Crippen LogP contribution in [0.1, 0.15) is 30.7 Å². The average molecular weight is 199 g/mol. The maximum atomic E-state index is 4.02. The zero-order valence-corrected chi connectivity index (χ0v) is 9.65. The van der Waals surface area contributed by atoms with Crippen LogP contribution < -0.4 is 0 Å². The zero-order chi connectivity index (χ0) is 11.0. The zero-order valence-electron chi connectivity index (χ0n) is 9.65. The van der Waals surface area contributed by atoms with Gasteiger partial charge in [0.25, 0.3) is 0 Å². The number of allylic oxidation sites excluding steroid dienone is 1. The van der Waals surface area contributed by atoms with Crippen LogP contribution in [0.4, 0.5) is 0 Å². The number of hydrogen-bond donors (Lipinski definition) is 1. The van der Waals surface area contributed by atoms with Gasteiger partial charge in [0.1, 0.15) is 0 Å². The smallest absolute Gasteiger partial charge is 0.0461 e. The molecule has 0 unspecified atom stereocenters. The molecule has 2 aromatic rings. The molecule has 0 saturated carbocycles. The summed E-state index contributed by atoms with van der Waals surface area (Å²) in [5.41, 5.74) is 6.24. The Kier molecular flexibility index (Phi) is 2.39. The molecule has 1 heteroatoms. The van der Waals surface area contributed by atoms with Crippen LogP contribution in [0.15, 0.2) is 24.8 Å². The number of rotatable bonds is 2. The van der Waals surface area contributed by atoms with E-state index in [2.05, 4.69) is 50.5 Å². The molecule has 1 aromatic heterocycles. The van der Waals surface area contributed by atoms with Crippen LogP contribution in [0, 0.1) is 6.92 Å². The van der Waals surface area contributed by atoms with Crippen molar-refractivity contribution in [2.24, 2.45) is 0 Å². The third-order valence-electron chi connectivity index (χ3n) is 2.84. The van der Waals surface area contributed by atoms with Crippen molar-refractivity contribution in [1.29, 1.82) is 0 Å². The van der Waals surface area contributed by atoms with Crippen LogP contribution in [-0.4, -0.2) is 4.98 Å². The van der Waals surface area contributed by atoms with Gasteiger partial charge in [-0.25, -0.2) is 0 Å². The number of benzene rings is 1. The first-order valence-corrected chi connectivity index (χ1v) is 5.40. The van der Waals surface area contributed by atoms with Crippen molar-refractivity contribution >= 4 is 16.5 Å². The molecule has 0 fully saturated rings. The second-order valence-electron chi connectivity index (χ2n) is 4.16.